The summed E-state index contributed by atoms with van der Waals surface area (Å²) in [5.74, 6) is 0. The first kappa shape index (κ1) is 17.6. The first-order chi connectivity index (χ1) is 10.5. The van der Waals surface area contributed by atoms with Gasteiger partial charge in [-0.2, -0.15) is 13.2 Å². The van der Waals surface area contributed by atoms with Crippen LogP contribution in [-0.4, -0.2) is 0 Å². The Kier molecular flexibility index (Phi) is 4.62. The summed E-state index contributed by atoms with van der Waals surface area (Å²) in [6, 6.07) is 4.12. The van der Waals surface area contributed by atoms with Crippen molar-refractivity contribution in [3.8, 4) is 0 Å². The van der Waals surface area contributed by atoms with Crippen molar-refractivity contribution in [3.63, 3.8) is 0 Å². The molecule has 0 radical (unpaired) electrons. The molecule has 1 aliphatic heterocycles. The third-order valence-electron chi connectivity index (χ3n) is 3.69. The Morgan fingerprint density at radius 1 is 1.17 bits per heavy atom. The molecule has 2 rings (SSSR count). The maximum atomic E-state index is 12.8. The lowest BCUT2D eigenvalue weighted by Crippen LogP contribution is -2.27. The molecule has 0 fully saturated rings. The van der Waals surface area contributed by atoms with Crippen LogP contribution >= 0.6 is 0 Å². The summed E-state index contributed by atoms with van der Waals surface area (Å²) in [4.78, 5) is 0. The number of halogens is 3. The highest BCUT2D eigenvalue weighted by Gasteiger charge is 2.32. The van der Waals surface area contributed by atoms with Crippen molar-refractivity contribution in [1.29, 1.82) is 0 Å². The summed E-state index contributed by atoms with van der Waals surface area (Å²) in [5.41, 5.74) is 8.82. The number of aryl methyl sites for hydroxylation is 1. The largest absolute Gasteiger partial charge is 0.416 e. The molecular formula is C18H23F3N2. The second-order valence-corrected chi connectivity index (χ2v) is 7.09. The van der Waals surface area contributed by atoms with Gasteiger partial charge < -0.3 is 5.43 Å². The van der Waals surface area contributed by atoms with Gasteiger partial charge in [0.15, 0.2) is 0 Å². The van der Waals surface area contributed by atoms with E-state index in [0.29, 0.717) is 0 Å². The molecule has 1 unspecified atom stereocenters. The quantitative estimate of drug-likeness (QED) is 0.796. The number of nitrogens with one attached hydrogen (secondary N) is 2. The second-order valence-electron chi connectivity index (χ2n) is 7.09. The van der Waals surface area contributed by atoms with Gasteiger partial charge in [0.05, 0.1) is 11.6 Å². The van der Waals surface area contributed by atoms with E-state index >= 15 is 0 Å². The predicted molar refractivity (Wildman–Crippen MR) is 86.5 cm³/mol. The van der Waals surface area contributed by atoms with E-state index in [9.17, 15) is 13.2 Å². The number of hydrogen-bond donors (Lipinski definition) is 2. The lowest BCUT2D eigenvalue weighted by atomic mass is 9.92. The van der Waals surface area contributed by atoms with Crippen LogP contribution in [-0.2, 0) is 6.18 Å². The Balaban J connectivity index is 2.25. The van der Waals surface area contributed by atoms with Crippen LogP contribution in [0.2, 0.25) is 0 Å². The molecule has 1 aliphatic rings. The molecule has 1 aromatic carbocycles. The van der Waals surface area contributed by atoms with Crippen molar-refractivity contribution in [2.45, 2.75) is 46.8 Å². The molecule has 2 nitrogen and oxygen atoms in total. The lowest BCUT2D eigenvalue weighted by Gasteiger charge is -2.15. The highest BCUT2D eigenvalue weighted by molar-refractivity contribution is 5.40. The van der Waals surface area contributed by atoms with E-state index in [-0.39, 0.29) is 17.0 Å². The van der Waals surface area contributed by atoms with Crippen molar-refractivity contribution in [2.24, 2.45) is 5.41 Å². The average Bonchev–Trinajstić information content (AvgIpc) is 2.84. The number of alkyl halides is 3. The number of allylic oxidation sites excluding steroid dienone is 2. The highest BCUT2D eigenvalue weighted by atomic mass is 19.4. The van der Waals surface area contributed by atoms with Gasteiger partial charge in [-0.05, 0) is 48.1 Å². The Morgan fingerprint density at radius 3 is 2.35 bits per heavy atom. The Labute approximate surface area is 135 Å². The second kappa shape index (κ2) is 6.04. The van der Waals surface area contributed by atoms with Crippen molar-refractivity contribution in [1.82, 2.24) is 10.9 Å². The normalized spacial score (nSPS) is 19.6. The van der Waals surface area contributed by atoms with Crippen LogP contribution in [0.3, 0.4) is 0 Å². The van der Waals surface area contributed by atoms with E-state index in [2.05, 4.69) is 37.7 Å². The van der Waals surface area contributed by atoms with E-state index in [1.165, 1.54) is 13.0 Å². The minimum Gasteiger partial charge on any atom is -0.321 e. The molecule has 5 heteroatoms. The Bertz CT molecular complexity index is 649. The van der Waals surface area contributed by atoms with Gasteiger partial charge in [0.2, 0.25) is 0 Å². The van der Waals surface area contributed by atoms with E-state index in [4.69, 9.17) is 0 Å². The predicted octanol–water partition coefficient (Wildman–Crippen LogP) is 5.04. The first-order valence-corrected chi connectivity index (χ1v) is 7.58. The fourth-order valence-corrected chi connectivity index (χ4v) is 2.74. The summed E-state index contributed by atoms with van der Waals surface area (Å²) < 4.78 is 38.5. The summed E-state index contributed by atoms with van der Waals surface area (Å²) in [6.07, 6.45) is -0.148. The van der Waals surface area contributed by atoms with Gasteiger partial charge in [-0.15, -0.1) is 0 Å². The van der Waals surface area contributed by atoms with Crippen molar-refractivity contribution in [3.05, 3.63) is 58.3 Å². The van der Waals surface area contributed by atoms with Crippen LogP contribution in [0.4, 0.5) is 13.2 Å². The summed E-state index contributed by atoms with van der Waals surface area (Å²) >= 11 is 0. The molecule has 0 bridgehead atoms. The zero-order chi connectivity index (χ0) is 17.4. The monoisotopic (exact) mass is 324 g/mol. The number of rotatable bonds is 2. The van der Waals surface area contributed by atoms with Crippen LogP contribution in [0.25, 0.3) is 0 Å². The molecule has 1 heterocycles. The SMILES string of the molecule is C/C(=C\C(C)(C)C)C1=CC(c2ccc(C(F)(F)F)c(C)c2)NN1. The smallest absolute Gasteiger partial charge is 0.321 e. The van der Waals surface area contributed by atoms with Gasteiger partial charge >= 0.3 is 6.18 Å². The van der Waals surface area contributed by atoms with E-state index in [0.717, 1.165) is 22.9 Å². The summed E-state index contributed by atoms with van der Waals surface area (Å²) in [5, 5.41) is 0. The minimum absolute atomic E-state index is 0.0651. The van der Waals surface area contributed by atoms with Crippen molar-refractivity contribution < 1.29 is 13.2 Å². The first-order valence-electron chi connectivity index (χ1n) is 7.58. The summed E-state index contributed by atoms with van der Waals surface area (Å²) in [7, 11) is 0. The van der Waals surface area contributed by atoms with Crippen LogP contribution in [0.15, 0.2) is 41.6 Å². The number of benzene rings is 1. The number of hydrazine groups is 1. The van der Waals surface area contributed by atoms with Crippen molar-refractivity contribution in [2.75, 3.05) is 0 Å². The molecule has 0 aromatic heterocycles. The van der Waals surface area contributed by atoms with E-state index in [1.807, 2.05) is 13.0 Å². The molecule has 0 saturated heterocycles. The molecule has 1 aromatic rings. The number of hydrogen-bond acceptors (Lipinski definition) is 2. The molecular weight excluding hydrogens is 301 g/mol. The van der Waals surface area contributed by atoms with Crippen LogP contribution in [0.1, 0.15) is 50.4 Å². The third-order valence-corrected chi connectivity index (χ3v) is 3.69. The van der Waals surface area contributed by atoms with Gasteiger partial charge in [0.1, 0.15) is 0 Å². The van der Waals surface area contributed by atoms with Gasteiger partial charge in [-0.25, -0.2) is 5.43 Å². The topological polar surface area (TPSA) is 24.1 Å². The van der Waals surface area contributed by atoms with Gasteiger partial charge in [-0.1, -0.05) is 39.0 Å². The maximum Gasteiger partial charge on any atom is 0.416 e. The molecule has 0 aliphatic carbocycles. The molecule has 23 heavy (non-hydrogen) atoms. The minimum atomic E-state index is -4.31. The molecule has 0 spiro atoms. The standard InChI is InChI=1S/C18H23F3N2/c1-11-8-13(6-7-14(11)18(19,20)21)16-9-15(22-23-16)12(2)10-17(3,4)5/h6-10,16,22-23H,1-5H3/b12-10+. The fraction of sp³-hybridized carbons (Fsp3) is 0.444. The van der Waals surface area contributed by atoms with Gasteiger partial charge in [-0.3, -0.25) is 0 Å². The zero-order valence-electron chi connectivity index (χ0n) is 14.1. The van der Waals surface area contributed by atoms with Gasteiger partial charge in [0, 0.05) is 5.70 Å². The Hall–Kier alpha value is -1.75. The molecule has 1 atom stereocenters. The van der Waals surface area contributed by atoms with Crippen molar-refractivity contribution >= 4 is 0 Å². The molecule has 126 valence electrons. The molecule has 0 saturated carbocycles. The molecule has 2 N–H and O–H groups in total. The van der Waals surface area contributed by atoms with Crippen LogP contribution in [0.5, 0.6) is 0 Å². The maximum absolute atomic E-state index is 12.8. The lowest BCUT2D eigenvalue weighted by molar-refractivity contribution is -0.138. The molecule has 0 amide bonds. The van der Waals surface area contributed by atoms with E-state index < -0.39 is 11.7 Å². The van der Waals surface area contributed by atoms with Crippen LogP contribution < -0.4 is 10.9 Å². The van der Waals surface area contributed by atoms with E-state index in [1.54, 1.807) is 6.07 Å². The highest BCUT2D eigenvalue weighted by Crippen LogP contribution is 2.34. The summed E-state index contributed by atoms with van der Waals surface area (Å²) in [6.45, 7) is 9.87. The fourth-order valence-electron chi connectivity index (χ4n) is 2.74. The third kappa shape index (κ3) is 4.38. The van der Waals surface area contributed by atoms with Crippen LogP contribution in [0, 0.1) is 12.3 Å². The Morgan fingerprint density at radius 2 is 1.83 bits per heavy atom. The zero-order valence-corrected chi connectivity index (χ0v) is 14.1. The van der Waals surface area contributed by atoms with Gasteiger partial charge in [0.25, 0.3) is 0 Å². The average molecular weight is 324 g/mol.